The van der Waals surface area contributed by atoms with Gasteiger partial charge in [-0.25, -0.2) is 9.78 Å². The Labute approximate surface area is 101 Å². The van der Waals surface area contributed by atoms with Crippen molar-refractivity contribution in [3.8, 4) is 0 Å². The number of urea groups is 1. The van der Waals surface area contributed by atoms with E-state index in [1.54, 1.807) is 14.1 Å². The molecule has 1 aliphatic heterocycles. The van der Waals surface area contributed by atoms with Gasteiger partial charge in [0.2, 0.25) is 0 Å². The minimum Gasteiger partial charge on any atom is -0.336 e. The highest BCUT2D eigenvalue weighted by Gasteiger charge is 2.14. The van der Waals surface area contributed by atoms with Crippen molar-refractivity contribution in [1.29, 1.82) is 0 Å². The van der Waals surface area contributed by atoms with Crippen LogP contribution in [0.25, 0.3) is 0 Å². The number of amides is 2. The number of nitrogens with one attached hydrogen (secondary N) is 2. The van der Waals surface area contributed by atoms with Crippen LogP contribution in [0.3, 0.4) is 0 Å². The molecule has 0 spiro atoms. The van der Waals surface area contributed by atoms with Crippen molar-refractivity contribution in [3.63, 3.8) is 0 Å². The van der Waals surface area contributed by atoms with Gasteiger partial charge in [0.25, 0.3) is 0 Å². The van der Waals surface area contributed by atoms with Crippen LogP contribution < -0.4 is 10.6 Å². The van der Waals surface area contributed by atoms with Gasteiger partial charge in [0, 0.05) is 52.4 Å². The molecule has 0 radical (unpaired) electrons. The van der Waals surface area contributed by atoms with Gasteiger partial charge in [0.15, 0.2) is 0 Å². The van der Waals surface area contributed by atoms with Crippen molar-refractivity contribution in [2.45, 2.75) is 19.5 Å². The van der Waals surface area contributed by atoms with Crippen LogP contribution in [0.2, 0.25) is 0 Å². The Morgan fingerprint density at radius 1 is 1.65 bits per heavy atom. The minimum atomic E-state index is -0.0550. The highest BCUT2D eigenvalue weighted by Crippen LogP contribution is 2.11. The lowest BCUT2D eigenvalue weighted by molar-refractivity contribution is 0.217. The average molecular weight is 237 g/mol. The lowest BCUT2D eigenvalue weighted by Gasteiger charge is -2.16. The molecule has 0 aromatic carbocycles. The van der Waals surface area contributed by atoms with Crippen molar-refractivity contribution in [3.05, 3.63) is 17.7 Å². The molecule has 0 bridgehead atoms. The average Bonchev–Trinajstić information content (AvgIpc) is 2.72. The molecule has 94 valence electrons. The number of imidazole rings is 1. The van der Waals surface area contributed by atoms with Gasteiger partial charge in [-0.2, -0.15) is 0 Å². The number of hydrogen-bond donors (Lipinski definition) is 2. The maximum atomic E-state index is 11.3. The van der Waals surface area contributed by atoms with E-state index >= 15 is 0 Å². The molecule has 1 aromatic heterocycles. The fourth-order valence-corrected chi connectivity index (χ4v) is 1.93. The summed E-state index contributed by atoms with van der Waals surface area (Å²) in [7, 11) is 3.47. The van der Waals surface area contributed by atoms with E-state index in [0.29, 0.717) is 6.54 Å². The van der Waals surface area contributed by atoms with Gasteiger partial charge in [-0.1, -0.05) is 0 Å². The zero-order valence-electron chi connectivity index (χ0n) is 10.4. The van der Waals surface area contributed by atoms with E-state index in [1.807, 2.05) is 6.33 Å². The van der Waals surface area contributed by atoms with E-state index in [9.17, 15) is 4.79 Å². The molecular formula is C11H19N5O. The molecule has 1 aromatic rings. The van der Waals surface area contributed by atoms with E-state index in [4.69, 9.17) is 0 Å². The molecule has 0 atom stereocenters. The Morgan fingerprint density at radius 3 is 3.24 bits per heavy atom. The number of fused-ring (bicyclic) bond motifs is 1. The predicted octanol–water partition coefficient (Wildman–Crippen LogP) is -0.200. The summed E-state index contributed by atoms with van der Waals surface area (Å²) >= 11 is 0. The van der Waals surface area contributed by atoms with E-state index in [2.05, 4.69) is 20.2 Å². The standard InChI is InChI=1S/C11H19N5O/c1-15(2)11(17)13-5-6-16-8-14-9-7-12-4-3-10(9)16/h8,12H,3-7H2,1-2H3,(H,13,17). The molecule has 2 N–H and O–H groups in total. The summed E-state index contributed by atoms with van der Waals surface area (Å²) < 4.78 is 2.13. The third-order valence-electron chi connectivity index (χ3n) is 2.90. The van der Waals surface area contributed by atoms with Gasteiger partial charge in [-0.05, 0) is 0 Å². The first-order valence-corrected chi connectivity index (χ1v) is 5.87. The molecule has 1 aliphatic rings. The highest BCUT2D eigenvalue weighted by atomic mass is 16.2. The summed E-state index contributed by atoms with van der Waals surface area (Å²) in [5.74, 6) is 0. The van der Waals surface area contributed by atoms with Crippen LogP contribution in [-0.4, -0.2) is 47.7 Å². The molecule has 2 heterocycles. The number of carbonyl (C=O) groups excluding carboxylic acids is 1. The van der Waals surface area contributed by atoms with Crippen LogP contribution in [0.1, 0.15) is 11.4 Å². The van der Waals surface area contributed by atoms with E-state index < -0.39 is 0 Å². The fraction of sp³-hybridized carbons (Fsp3) is 0.636. The van der Waals surface area contributed by atoms with Crippen LogP contribution in [-0.2, 0) is 19.5 Å². The molecular weight excluding hydrogens is 218 g/mol. The SMILES string of the molecule is CN(C)C(=O)NCCn1cnc2c1CCNC2. The second-order valence-corrected chi connectivity index (χ2v) is 4.38. The second-order valence-electron chi connectivity index (χ2n) is 4.38. The highest BCUT2D eigenvalue weighted by molar-refractivity contribution is 5.73. The maximum Gasteiger partial charge on any atom is 0.316 e. The summed E-state index contributed by atoms with van der Waals surface area (Å²) in [6.07, 6.45) is 2.87. The van der Waals surface area contributed by atoms with Crippen molar-refractivity contribution in [2.75, 3.05) is 27.2 Å². The monoisotopic (exact) mass is 237 g/mol. The van der Waals surface area contributed by atoms with Crippen molar-refractivity contribution >= 4 is 6.03 Å². The molecule has 0 saturated carbocycles. The van der Waals surface area contributed by atoms with Crippen LogP contribution >= 0.6 is 0 Å². The number of hydrogen-bond acceptors (Lipinski definition) is 3. The summed E-state index contributed by atoms with van der Waals surface area (Å²) in [5.41, 5.74) is 2.43. The molecule has 2 amide bonds. The number of nitrogens with zero attached hydrogens (tertiary/aromatic N) is 3. The van der Waals surface area contributed by atoms with E-state index in [0.717, 1.165) is 31.7 Å². The van der Waals surface area contributed by atoms with Crippen LogP contribution in [0, 0.1) is 0 Å². The van der Waals surface area contributed by atoms with Gasteiger partial charge in [-0.15, -0.1) is 0 Å². The van der Waals surface area contributed by atoms with Gasteiger partial charge >= 0.3 is 6.03 Å². The molecule has 6 nitrogen and oxygen atoms in total. The normalized spacial score (nSPS) is 14.2. The lowest BCUT2D eigenvalue weighted by atomic mass is 10.2. The minimum absolute atomic E-state index is 0.0550. The Morgan fingerprint density at radius 2 is 2.47 bits per heavy atom. The van der Waals surface area contributed by atoms with E-state index in [1.165, 1.54) is 10.6 Å². The third kappa shape index (κ3) is 2.76. The first-order valence-electron chi connectivity index (χ1n) is 5.87. The smallest absolute Gasteiger partial charge is 0.316 e. The number of carbonyl (C=O) groups is 1. The lowest BCUT2D eigenvalue weighted by Crippen LogP contribution is -2.36. The summed E-state index contributed by atoms with van der Waals surface area (Å²) in [6.45, 7) is 3.27. The Kier molecular flexibility index (Phi) is 3.63. The van der Waals surface area contributed by atoms with Crippen molar-refractivity contribution < 1.29 is 4.79 Å². The second kappa shape index (κ2) is 5.18. The number of rotatable bonds is 3. The zero-order chi connectivity index (χ0) is 12.3. The number of aromatic nitrogens is 2. The Hall–Kier alpha value is -1.56. The molecule has 2 rings (SSSR count). The quantitative estimate of drug-likeness (QED) is 0.765. The predicted molar refractivity (Wildman–Crippen MR) is 64.7 cm³/mol. The molecule has 17 heavy (non-hydrogen) atoms. The van der Waals surface area contributed by atoms with Gasteiger partial charge < -0.3 is 20.1 Å². The van der Waals surface area contributed by atoms with Crippen molar-refractivity contribution in [1.82, 2.24) is 25.1 Å². The Bertz CT molecular complexity index is 399. The van der Waals surface area contributed by atoms with Crippen LogP contribution in [0.5, 0.6) is 0 Å². The molecule has 0 aliphatic carbocycles. The molecule has 6 heteroatoms. The van der Waals surface area contributed by atoms with Crippen molar-refractivity contribution in [2.24, 2.45) is 0 Å². The Balaban J connectivity index is 1.87. The molecule has 0 unspecified atom stereocenters. The largest absolute Gasteiger partial charge is 0.336 e. The first kappa shape index (κ1) is 11.9. The van der Waals surface area contributed by atoms with E-state index in [-0.39, 0.29) is 6.03 Å². The maximum absolute atomic E-state index is 11.3. The first-order chi connectivity index (χ1) is 8.18. The summed E-state index contributed by atoms with van der Waals surface area (Å²) in [4.78, 5) is 17.2. The fourth-order valence-electron chi connectivity index (χ4n) is 1.93. The molecule has 0 fully saturated rings. The van der Waals surface area contributed by atoms with Gasteiger partial charge in [0.1, 0.15) is 0 Å². The topological polar surface area (TPSA) is 62.2 Å². The molecule has 0 saturated heterocycles. The van der Waals surface area contributed by atoms with Crippen LogP contribution in [0.15, 0.2) is 6.33 Å². The summed E-state index contributed by atoms with van der Waals surface area (Å²) in [6, 6.07) is -0.0550. The third-order valence-corrected chi connectivity index (χ3v) is 2.90. The summed E-state index contributed by atoms with van der Waals surface area (Å²) in [5, 5.41) is 6.14. The van der Waals surface area contributed by atoms with Gasteiger partial charge in [0.05, 0.1) is 12.0 Å². The van der Waals surface area contributed by atoms with Crippen LogP contribution in [0.4, 0.5) is 4.79 Å². The van der Waals surface area contributed by atoms with Gasteiger partial charge in [-0.3, -0.25) is 0 Å². The zero-order valence-corrected chi connectivity index (χ0v) is 10.4.